The van der Waals surface area contributed by atoms with Crippen molar-refractivity contribution in [1.82, 2.24) is 19.7 Å². The zero-order valence-electron chi connectivity index (χ0n) is 20.4. The van der Waals surface area contributed by atoms with E-state index >= 15 is 0 Å². The van der Waals surface area contributed by atoms with Crippen molar-refractivity contribution in [2.45, 2.75) is 63.1 Å². The molecule has 1 aliphatic carbocycles. The summed E-state index contributed by atoms with van der Waals surface area (Å²) in [6, 6.07) is 12.5. The molecule has 5 rings (SSSR count). The summed E-state index contributed by atoms with van der Waals surface area (Å²) in [5, 5.41) is 12.9. The fraction of sp³-hybridized carbons (Fsp3) is 0.481. The van der Waals surface area contributed by atoms with E-state index in [9.17, 15) is 4.79 Å². The third-order valence-electron chi connectivity index (χ3n) is 7.19. The van der Waals surface area contributed by atoms with Crippen LogP contribution in [0, 0.1) is 5.92 Å². The lowest BCUT2D eigenvalue weighted by atomic mass is 9.85. The zero-order valence-corrected chi connectivity index (χ0v) is 21.2. The number of carbonyl (C=O) groups is 1. The molecule has 1 saturated heterocycles. The Kier molecular flexibility index (Phi) is 7.66. The summed E-state index contributed by atoms with van der Waals surface area (Å²) in [5.41, 5.74) is 3.02. The molecule has 0 radical (unpaired) electrons. The summed E-state index contributed by atoms with van der Waals surface area (Å²) in [7, 11) is 0. The highest BCUT2D eigenvalue weighted by molar-refractivity contribution is 7.99. The molecule has 2 atom stereocenters. The molecule has 2 unspecified atom stereocenters. The molecule has 8 heteroatoms. The van der Waals surface area contributed by atoms with Crippen molar-refractivity contribution in [2.75, 3.05) is 29.1 Å². The first-order chi connectivity index (χ1) is 17.2. The molecule has 3 heterocycles. The van der Waals surface area contributed by atoms with Crippen LogP contribution in [-0.4, -0.2) is 44.5 Å². The molecule has 1 saturated carbocycles. The summed E-state index contributed by atoms with van der Waals surface area (Å²) in [4.78, 5) is 19.5. The maximum Gasteiger partial charge on any atom is 0.234 e. The fourth-order valence-electron chi connectivity index (χ4n) is 5.28. The average molecular weight is 491 g/mol. The lowest BCUT2D eigenvalue weighted by molar-refractivity contribution is -0.113. The molecule has 3 aromatic rings. The van der Waals surface area contributed by atoms with Gasteiger partial charge in [-0.25, -0.2) is 0 Å². The minimum atomic E-state index is -0.0325. The van der Waals surface area contributed by atoms with Gasteiger partial charge in [0.05, 0.1) is 5.75 Å². The number of hydrogen-bond donors (Lipinski definition) is 1. The molecule has 35 heavy (non-hydrogen) atoms. The predicted octanol–water partition coefficient (Wildman–Crippen LogP) is 5.81. The number of piperidine rings is 1. The molecule has 1 N–H and O–H groups in total. The van der Waals surface area contributed by atoms with Gasteiger partial charge in [-0.2, -0.15) is 0 Å². The quantitative estimate of drug-likeness (QED) is 0.421. The van der Waals surface area contributed by atoms with Gasteiger partial charge in [-0.15, -0.1) is 10.2 Å². The van der Waals surface area contributed by atoms with E-state index < -0.39 is 0 Å². The average Bonchev–Trinajstić information content (AvgIpc) is 3.33. The maximum absolute atomic E-state index is 12.8. The van der Waals surface area contributed by atoms with Gasteiger partial charge in [-0.3, -0.25) is 14.3 Å². The first-order valence-electron chi connectivity index (χ1n) is 12.8. The van der Waals surface area contributed by atoms with Gasteiger partial charge >= 0.3 is 0 Å². The Bertz CT molecular complexity index is 1110. The van der Waals surface area contributed by atoms with Crippen molar-refractivity contribution in [3.8, 4) is 11.4 Å². The van der Waals surface area contributed by atoms with Crippen molar-refractivity contribution in [2.24, 2.45) is 5.92 Å². The molecule has 1 aromatic carbocycles. The van der Waals surface area contributed by atoms with Gasteiger partial charge in [-0.05, 0) is 74.4 Å². The molecule has 0 spiro atoms. The van der Waals surface area contributed by atoms with E-state index in [0.717, 1.165) is 41.7 Å². The molecule has 1 amide bonds. The van der Waals surface area contributed by atoms with Gasteiger partial charge in [-0.1, -0.05) is 31.5 Å². The molecule has 0 bridgehead atoms. The minimum Gasteiger partial charge on any atom is -0.372 e. The van der Waals surface area contributed by atoms with Crippen molar-refractivity contribution in [3.63, 3.8) is 0 Å². The van der Waals surface area contributed by atoms with Crippen LogP contribution in [-0.2, 0) is 4.79 Å². The molecule has 2 fully saturated rings. The number of aromatic nitrogens is 4. The number of thioether (sulfide) groups is 1. The lowest BCUT2D eigenvalue weighted by Crippen LogP contribution is -2.29. The molecule has 7 nitrogen and oxygen atoms in total. The highest BCUT2D eigenvalue weighted by Crippen LogP contribution is 2.38. The van der Waals surface area contributed by atoms with E-state index in [-0.39, 0.29) is 5.91 Å². The first-order valence-corrected chi connectivity index (χ1v) is 13.8. The second-order valence-corrected chi connectivity index (χ2v) is 10.6. The number of hydrogen-bond acceptors (Lipinski definition) is 6. The van der Waals surface area contributed by atoms with Gasteiger partial charge in [0, 0.05) is 48.5 Å². The fourth-order valence-corrected chi connectivity index (χ4v) is 6.07. The molecule has 2 aromatic heterocycles. The number of benzene rings is 1. The topological polar surface area (TPSA) is 75.9 Å². The first kappa shape index (κ1) is 23.9. The number of nitrogens with zero attached hydrogens (tertiary/aromatic N) is 5. The van der Waals surface area contributed by atoms with E-state index in [4.69, 9.17) is 0 Å². The molecule has 184 valence electrons. The summed E-state index contributed by atoms with van der Waals surface area (Å²) in [6.07, 6.45) is 12.2. The van der Waals surface area contributed by atoms with E-state index in [1.807, 2.05) is 30.5 Å². The Balaban J connectivity index is 1.26. The number of pyridine rings is 1. The van der Waals surface area contributed by atoms with Crippen LogP contribution < -0.4 is 10.2 Å². The predicted molar refractivity (Wildman–Crippen MR) is 142 cm³/mol. The van der Waals surface area contributed by atoms with E-state index in [2.05, 4.69) is 49.0 Å². The van der Waals surface area contributed by atoms with Crippen molar-refractivity contribution in [3.05, 3.63) is 48.8 Å². The largest absolute Gasteiger partial charge is 0.372 e. The monoisotopic (exact) mass is 490 g/mol. The maximum atomic E-state index is 12.8. The summed E-state index contributed by atoms with van der Waals surface area (Å²) < 4.78 is 2.26. The smallest absolute Gasteiger partial charge is 0.234 e. The Morgan fingerprint density at radius 3 is 2.57 bits per heavy atom. The zero-order chi connectivity index (χ0) is 24.0. The van der Waals surface area contributed by atoms with Gasteiger partial charge < -0.3 is 10.2 Å². The van der Waals surface area contributed by atoms with E-state index in [1.54, 1.807) is 6.20 Å². The van der Waals surface area contributed by atoms with Gasteiger partial charge in [0.1, 0.15) is 0 Å². The molecular weight excluding hydrogens is 456 g/mol. The van der Waals surface area contributed by atoms with Crippen LogP contribution in [0.5, 0.6) is 0 Å². The van der Waals surface area contributed by atoms with Crippen molar-refractivity contribution < 1.29 is 4.79 Å². The highest BCUT2D eigenvalue weighted by atomic mass is 32.2. The van der Waals surface area contributed by atoms with Crippen LogP contribution in [0.1, 0.15) is 57.9 Å². The third kappa shape index (κ3) is 5.69. The van der Waals surface area contributed by atoms with Crippen molar-refractivity contribution in [1.29, 1.82) is 0 Å². The second kappa shape index (κ2) is 11.2. The standard InChI is InChI=1S/C27H34N6OS/c1-20-8-3-4-10-24(20)33-26(21-9-7-15-28-18-21)30-31-27(33)35-19-25(34)29-22-11-13-23(14-12-22)32-16-5-2-6-17-32/h7,9,11-15,18,20,24H,2-6,8,10,16-17,19H2,1H3,(H,29,34). The van der Waals surface area contributed by atoms with Gasteiger partial charge in [0.25, 0.3) is 0 Å². The van der Waals surface area contributed by atoms with Crippen LogP contribution >= 0.6 is 11.8 Å². The summed E-state index contributed by atoms with van der Waals surface area (Å²) >= 11 is 1.46. The van der Waals surface area contributed by atoms with Crippen LogP contribution in [0.25, 0.3) is 11.4 Å². The SMILES string of the molecule is CC1CCCCC1n1c(SCC(=O)Nc2ccc(N3CCCCC3)cc2)nnc1-c1cccnc1. The Hall–Kier alpha value is -2.87. The van der Waals surface area contributed by atoms with Gasteiger partial charge in [0.15, 0.2) is 11.0 Å². The highest BCUT2D eigenvalue weighted by Gasteiger charge is 2.29. The number of rotatable bonds is 7. The Labute approximate surface area is 211 Å². The second-order valence-electron chi connectivity index (χ2n) is 9.68. The van der Waals surface area contributed by atoms with Gasteiger partial charge in [0.2, 0.25) is 5.91 Å². The number of amides is 1. The number of carbonyl (C=O) groups excluding carboxylic acids is 1. The number of nitrogens with one attached hydrogen (secondary N) is 1. The van der Waals surface area contributed by atoms with E-state index in [1.165, 1.54) is 56.0 Å². The normalized spacial score (nSPS) is 20.5. The molecule has 2 aliphatic rings. The summed E-state index contributed by atoms with van der Waals surface area (Å²) in [5.74, 6) is 1.64. The number of anilines is 2. The van der Waals surface area contributed by atoms with Crippen LogP contribution in [0.15, 0.2) is 53.9 Å². The van der Waals surface area contributed by atoms with Crippen LogP contribution in [0.2, 0.25) is 0 Å². The Morgan fingerprint density at radius 2 is 1.83 bits per heavy atom. The van der Waals surface area contributed by atoms with Crippen LogP contribution in [0.4, 0.5) is 11.4 Å². The lowest BCUT2D eigenvalue weighted by Gasteiger charge is -2.31. The minimum absolute atomic E-state index is 0.0325. The van der Waals surface area contributed by atoms with Crippen molar-refractivity contribution >= 4 is 29.0 Å². The Morgan fingerprint density at radius 1 is 1.03 bits per heavy atom. The molecule has 1 aliphatic heterocycles. The summed E-state index contributed by atoms with van der Waals surface area (Å²) in [6.45, 7) is 4.54. The van der Waals surface area contributed by atoms with Crippen LogP contribution in [0.3, 0.4) is 0 Å². The van der Waals surface area contributed by atoms with E-state index in [0.29, 0.717) is 17.7 Å². The third-order valence-corrected chi connectivity index (χ3v) is 8.13. The molecular formula is C27H34N6OS.